The first-order valence-electron chi connectivity index (χ1n) is 8.17. The molecule has 1 heterocycles. The lowest BCUT2D eigenvalue weighted by Crippen LogP contribution is -1.87. The number of benzene rings is 3. The zero-order chi connectivity index (χ0) is 18.8. The van der Waals surface area contributed by atoms with Gasteiger partial charge >= 0.3 is 0 Å². The highest BCUT2D eigenvalue weighted by atomic mass is 35.5. The highest BCUT2D eigenvalue weighted by Gasteiger charge is 2.09. The van der Waals surface area contributed by atoms with E-state index >= 15 is 0 Å². The number of ether oxygens (including phenoxy) is 1. The van der Waals surface area contributed by atoms with Crippen LogP contribution < -0.4 is 4.74 Å². The molecule has 0 unspecified atom stereocenters. The predicted octanol–water partition coefficient (Wildman–Crippen LogP) is 6.02. The molecular formula is C22H12ClN3O. The zero-order valence-corrected chi connectivity index (χ0v) is 14.8. The second-order valence-electron chi connectivity index (χ2n) is 5.98. The molecule has 0 amide bonds. The fourth-order valence-electron chi connectivity index (χ4n) is 2.83. The van der Waals surface area contributed by atoms with Crippen LogP contribution in [-0.4, -0.2) is 4.98 Å². The number of H-pyrrole nitrogens is 1. The first-order chi connectivity index (χ1) is 13.2. The quantitative estimate of drug-likeness (QED) is 0.479. The molecule has 0 bridgehead atoms. The van der Waals surface area contributed by atoms with Crippen molar-refractivity contribution in [3.63, 3.8) is 0 Å². The minimum Gasteiger partial charge on any atom is -0.456 e. The standard InChI is InChI=1S/C22H12ClN3O/c23-19-10-16(21-11-17-4-1-15(13-25)9-20(17)26-21)5-8-22(19)27-18-6-2-14(12-24)3-7-18/h1-11,26H. The van der Waals surface area contributed by atoms with Gasteiger partial charge in [0.2, 0.25) is 0 Å². The Labute approximate surface area is 160 Å². The van der Waals surface area contributed by atoms with Gasteiger partial charge in [-0.15, -0.1) is 0 Å². The molecule has 1 N–H and O–H groups in total. The Bertz CT molecular complexity index is 1230. The molecule has 0 spiro atoms. The minimum absolute atomic E-state index is 0.480. The Morgan fingerprint density at radius 1 is 0.815 bits per heavy atom. The van der Waals surface area contributed by atoms with Crippen LogP contribution >= 0.6 is 11.6 Å². The molecule has 0 saturated carbocycles. The molecule has 128 valence electrons. The van der Waals surface area contributed by atoms with Gasteiger partial charge in [-0.25, -0.2) is 0 Å². The molecule has 4 nitrogen and oxygen atoms in total. The van der Waals surface area contributed by atoms with Gasteiger partial charge in [0.1, 0.15) is 11.5 Å². The molecule has 0 aliphatic carbocycles. The van der Waals surface area contributed by atoms with Crippen LogP contribution in [0.2, 0.25) is 5.02 Å². The van der Waals surface area contributed by atoms with Gasteiger partial charge in [0, 0.05) is 16.6 Å². The fraction of sp³-hybridized carbons (Fsp3) is 0. The largest absolute Gasteiger partial charge is 0.456 e. The van der Waals surface area contributed by atoms with Crippen molar-refractivity contribution in [1.29, 1.82) is 10.5 Å². The number of aromatic nitrogens is 1. The summed E-state index contributed by atoms with van der Waals surface area (Å²) in [6.45, 7) is 0. The molecule has 0 fully saturated rings. The van der Waals surface area contributed by atoms with Crippen molar-refractivity contribution < 1.29 is 4.74 Å². The van der Waals surface area contributed by atoms with Crippen LogP contribution in [0.4, 0.5) is 0 Å². The summed E-state index contributed by atoms with van der Waals surface area (Å²) in [5.41, 5.74) is 3.91. The van der Waals surface area contributed by atoms with E-state index in [1.807, 2.05) is 36.4 Å². The molecule has 0 radical (unpaired) electrons. The summed E-state index contributed by atoms with van der Waals surface area (Å²) in [5.74, 6) is 1.14. The van der Waals surface area contributed by atoms with E-state index in [1.54, 1.807) is 30.3 Å². The van der Waals surface area contributed by atoms with Crippen LogP contribution in [0.25, 0.3) is 22.2 Å². The Morgan fingerprint density at radius 3 is 2.26 bits per heavy atom. The third-order valence-corrected chi connectivity index (χ3v) is 4.50. The van der Waals surface area contributed by atoms with Gasteiger partial charge in [-0.05, 0) is 66.2 Å². The van der Waals surface area contributed by atoms with Crippen LogP contribution in [0.1, 0.15) is 11.1 Å². The second kappa shape index (κ2) is 6.88. The van der Waals surface area contributed by atoms with Crippen LogP contribution in [0.3, 0.4) is 0 Å². The highest BCUT2D eigenvalue weighted by Crippen LogP contribution is 2.34. The van der Waals surface area contributed by atoms with Crippen molar-refractivity contribution in [2.75, 3.05) is 0 Å². The van der Waals surface area contributed by atoms with Gasteiger partial charge in [0.25, 0.3) is 0 Å². The van der Waals surface area contributed by atoms with E-state index < -0.39 is 0 Å². The van der Waals surface area contributed by atoms with E-state index in [1.165, 1.54) is 0 Å². The van der Waals surface area contributed by atoms with Gasteiger partial charge in [0.15, 0.2) is 0 Å². The monoisotopic (exact) mass is 369 g/mol. The summed E-state index contributed by atoms with van der Waals surface area (Å²) < 4.78 is 5.80. The van der Waals surface area contributed by atoms with Crippen LogP contribution in [0.15, 0.2) is 66.7 Å². The number of hydrogen-bond donors (Lipinski definition) is 1. The third kappa shape index (κ3) is 3.35. The van der Waals surface area contributed by atoms with Gasteiger partial charge < -0.3 is 9.72 Å². The maximum absolute atomic E-state index is 9.03. The maximum Gasteiger partial charge on any atom is 0.146 e. The summed E-state index contributed by atoms with van der Waals surface area (Å²) in [4.78, 5) is 3.31. The fourth-order valence-corrected chi connectivity index (χ4v) is 3.05. The molecule has 0 atom stereocenters. The second-order valence-corrected chi connectivity index (χ2v) is 6.39. The average Bonchev–Trinajstić information content (AvgIpc) is 3.13. The predicted molar refractivity (Wildman–Crippen MR) is 105 cm³/mol. The molecule has 0 saturated heterocycles. The van der Waals surface area contributed by atoms with Crippen molar-refractivity contribution in [3.05, 3.63) is 82.9 Å². The lowest BCUT2D eigenvalue weighted by atomic mass is 10.1. The lowest BCUT2D eigenvalue weighted by molar-refractivity contribution is 0.483. The Balaban J connectivity index is 1.63. The number of aromatic amines is 1. The molecule has 5 heteroatoms. The first-order valence-corrected chi connectivity index (χ1v) is 8.55. The molecule has 4 aromatic rings. The molecule has 1 aromatic heterocycles. The van der Waals surface area contributed by atoms with E-state index in [4.69, 9.17) is 26.9 Å². The molecular weight excluding hydrogens is 358 g/mol. The van der Waals surface area contributed by atoms with Gasteiger partial charge in [-0.3, -0.25) is 0 Å². The number of hydrogen-bond acceptors (Lipinski definition) is 3. The number of nitrogens with one attached hydrogen (secondary N) is 1. The molecule has 0 aliphatic heterocycles. The topological polar surface area (TPSA) is 72.6 Å². The van der Waals surface area contributed by atoms with Crippen molar-refractivity contribution in [2.45, 2.75) is 0 Å². The molecule has 27 heavy (non-hydrogen) atoms. The van der Waals surface area contributed by atoms with E-state index in [0.29, 0.717) is 27.6 Å². The van der Waals surface area contributed by atoms with Crippen molar-refractivity contribution in [2.24, 2.45) is 0 Å². The smallest absolute Gasteiger partial charge is 0.146 e. The lowest BCUT2D eigenvalue weighted by Gasteiger charge is -2.09. The number of nitrogens with zero attached hydrogens (tertiary/aromatic N) is 2. The molecule has 3 aromatic carbocycles. The van der Waals surface area contributed by atoms with Gasteiger partial charge in [-0.2, -0.15) is 10.5 Å². The summed E-state index contributed by atoms with van der Waals surface area (Å²) in [7, 11) is 0. The van der Waals surface area contributed by atoms with Crippen LogP contribution in [0.5, 0.6) is 11.5 Å². The van der Waals surface area contributed by atoms with Gasteiger partial charge in [0.05, 0.1) is 28.3 Å². The van der Waals surface area contributed by atoms with Crippen molar-refractivity contribution >= 4 is 22.5 Å². The van der Waals surface area contributed by atoms with Gasteiger partial charge in [-0.1, -0.05) is 17.7 Å². The van der Waals surface area contributed by atoms with Crippen LogP contribution in [-0.2, 0) is 0 Å². The molecule has 0 aliphatic rings. The average molecular weight is 370 g/mol. The maximum atomic E-state index is 9.03. The summed E-state index contributed by atoms with van der Waals surface area (Å²) in [6.07, 6.45) is 0. The Kier molecular flexibility index (Phi) is 4.26. The SMILES string of the molecule is N#Cc1ccc(Oc2ccc(-c3cc4ccc(C#N)cc4[nH]3)cc2Cl)cc1. The van der Waals surface area contributed by atoms with E-state index in [-0.39, 0.29) is 0 Å². The van der Waals surface area contributed by atoms with E-state index in [9.17, 15) is 0 Å². The molecule has 4 rings (SSSR count). The number of halogens is 1. The number of nitriles is 2. The summed E-state index contributed by atoms with van der Waals surface area (Å²) in [5, 5.41) is 19.4. The zero-order valence-electron chi connectivity index (χ0n) is 14.0. The van der Waals surface area contributed by atoms with Crippen LogP contribution in [0, 0.1) is 22.7 Å². The first kappa shape index (κ1) is 16.7. The number of rotatable bonds is 3. The van der Waals surface area contributed by atoms with E-state index in [2.05, 4.69) is 17.1 Å². The van der Waals surface area contributed by atoms with Crippen molar-refractivity contribution in [3.8, 4) is 34.9 Å². The minimum atomic E-state index is 0.480. The Hall–Kier alpha value is -3.73. The third-order valence-electron chi connectivity index (χ3n) is 4.21. The van der Waals surface area contributed by atoms with Crippen molar-refractivity contribution in [1.82, 2.24) is 4.98 Å². The Morgan fingerprint density at radius 2 is 1.56 bits per heavy atom. The van der Waals surface area contributed by atoms with E-state index in [0.717, 1.165) is 22.2 Å². The normalized spacial score (nSPS) is 10.3. The number of fused-ring (bicyclic) bond motifs is 1. The summed E-state index contributed by atoms with van der Waals surface area (Å²) >= 11 is 6.40. The summed E-state index contributed by atoms with van der Waals surface area (Å²) in [6, 6.07) is 24.2. The highest BCUT2D eigenvalue weighted by molar-refractivity contribution is 6.32.